The van der Waals surface area contributed by atoms with Crippen molar-refractivity contribution >= 4 is 17.2 Å². The molecule has 0 spiro atoms. The van der Waals surface area contributed by atoms with Crippen molar-refractivity contribution in [1.82, 2.24) is 25.1 Å². The van der Waals surface area contributed by atoms with E-state index in [2.05, 4.69) is 15.5 Å². The third kappa shape index (κ3) is 3.37. The van der Waals surface area contributed by atoms with Crippen LogP contribution >= 0.6 is 11.3 Å². The minimum absolute atomic E-state index is 0.130. The summed E-state index contributed by atoms with van der Waals surface area (Å²) in [4.78, 5) is 18.4. The molecular formula is C18H21N5OS. The number of thiazole rings is 1. The Hall–Kier alpha value is -2.41. The number of fused-ring (bicyclic) bond motifs is 1. The second kappa shape index (κ2) is 6.84. The van der Waals surface area contributed by atoms with E-state index < -0.39 is 0 Å². The molecule has 1 aliphatic carbocycles. The first kappa shape index (κ1) is 16.1. The van der Waals surface area contributed by atoms with Gasteiger partial charge >= 0.3 is 0 Å². The fraction of sp³-hybridized carbons (Fsp3) is 0.389. The molecule has 130 valence electrons. The van der Waals surface area contributed by atoms with Gasteiger partial charge in [-0.1, -0.05) is 0 Å². The third-order valence-corrected chi connectivity index (χ3v) is 5.76. The summed E-state index contributed by atoms with van der Waals surface area (Å²) in [5.41, 5.74) is 3.50. The Labute approximate surface area is 150 Å². The van der Waals surface area contributed by atoms with Crippen LogP contribution in [0.2, 0.25) is 0 Å². The molecule has 1 amide bonds. The molecular weight excluding hydrogens is 334 g/mol. The molecule has 0 radical (unpaired) electrons. The maximum atomic E-state index is 12.3. The largest absolute Gasteiger partial charge is 0.350 e. The SMILES string of the molecule is Cn1cccc1-c1cc(C(=O)NCCc2nc3c(s2)CCCC3)[nH]n1. The van der Waals surface area contributed by atoms with E-state index in [9.17, 15) is 4.79 Å². The van der Waals surface area contributed by atoms with Crippen molar-refractivity contribution in [2.75, 3.05) is 6.54 Å². The molecule has 1 aliphatic rings. The zero-order valence-electron chi connectivity index (χ0n) is 14.2. The molecule has 3 aromatic rings. The molecule has 0 saturated heterocycles. The lowest BCUT2D eigenvalue weighted by Gasteiger charge is -2.06. The molecule has 3 heterocycles. The standard InChI is InChI=1S/C18H21N5OS/c1-23-10-4-6-15(23)13-11-14(22-21-13)18(24)19-9-8-17-20-12-5-2-3-7-16(12)25-17/h4,6,10-11H,2-3,5,7-9H2,1H3,(H,19,24)(H,21,22). The summed E-state index contributed by atoms with van der Waals surface area (Å²) in [7, 11) is 1.96. The second-order valence-corrected chi connectivity index (χ2v) is 7.53. The van der Waals surface area contributed by atoms with Crippen molar-refractivity contribution in [2.45, 2.75) is 32.1 Å². The van der Waals surface area contributed by atoms with Gasteiger partial charge in [0.2, 0.25) is 0 Å². The average Bonchev–Trinajstić information content (AvgIpc) is 3.32. The van der Waals surface area contributed by atoms with E-state index in [1.807, 2.05) is 29.9 Å². The number of carbonyl (C=O) groups is 1. The van der Waals surface area contributed by atoms with E-state index in [0.717, 1.165) is 35.7 Å². The number of nitrogens with zero attached hydrogens (tertiary/aromatic N) is 3. The molecule has 0 bridgehead atoms. The first-order valence-electron chi connectivity index (χ1n) is 8.63. The van der Waals surface area contributed by atoms with Crippen molar-refractivity contribution in [3.8, 4) is 11.4 Å². The van der Waals surface area contributed by atoms with Crippen LogP contribution in [0.15, 0.2) is 24.4 Å². The highest BCUT2D eigenvalue weighted by Gasteiger charge is 2.16. The minimum atomic E-state index is -0.130. The molecule has 0 aliphatic heterocycles. The quantitative estimate of drug-likeness (QED) is 0.739. The van der Waals surface area contributed by atoms with E-state index in [4.69, 9.17) is 4.98 Å². The maximum absolute atomic E-state index is 12.3. The number of aryl methyl sites for hydroxylation is 3. The van der Waals surface area contributed by atoms with E-state index in [1.54, 1.807) is 17.4 Å². The molecule has 7 heteroatoms. The van der Waals surface area contributed by atoms with Crippen LogP contribution in [0, 0.1) is 0 Å². The van der Waals surface area contributed by atoms with Crippen LogP contribution in [0.25, 0.3) is 11.4 Å². The number of carbonyl (C=O) groups excluding carboxylic acids is 1. The monoisotopic (exact) mass is 355 g/mol. The summed E-state index contributed by atoms with van der Waals surface area (Å²) in [6, 6.07) is 5.71. The highest BCUT2D eigenvalue weighted by molar-refractivity contribution is 7.11. The molecule has 0 saturated carbocycles. The number of nitrogens with one attached hydrogen (secondary N) is 2. The Balaban J connectivity index is 1.34. The Bertz CT molecular complexity index is 868. The molecule has 25 heavy (non-hydrogen) atoms. The molecule has 0 unspecified atom stereocenters. The minimum Gasteiger partial charge on any atom is -0.350 e. The first-order valence-corrected chi connectivity index (χ1v) is 9.45. The lowest BCUT2D eigenvalue weighted by Crippen LogP contribution is -2.26. The van der Waals surface area contributed by atoms with Crippen LogP contribution in [-0.2, 0) is 26.3 Å². The van der Waals surface area contributed by atoms with Gasteiger partial charge in [-0.15, -0.1) is 11.3 Å². The fourth-order valence-electron chi connectivity index (χ4n) is 3.19. The van der Waals surface area contributed by atoms with Crippen LogP contribution in [0.1, 0.15) is 38.9 Å². The lowest BCUT2D eigenvalue weighted by molar-refractivity contribution is 0.0949. The average molecular weight is 355 g/mol. The Morgan fingerprint density at radius 1 is 1.40 bits per heavy atom. The number of aromatic amines is 1. The number of hydrogen-bond acceptors (Lipinski definition) is 4. The first-order chi connectivity index (χ1) is 12.2. The number of rotatable bonds is 5. The summed E-state index contributed by atoms with van der Waals surface area (Å²) in [6.45, 7) is 0.587. The highest BCUT2D eigenvalue weighted by atomic mass is 32.1. The van der Waals surface area contributed by atoms with E-state index in [0.29, 0.717) is 12.2 Å². The van der Waals surface area contributed by atoms with Gasteiger partial charge in [-0.2, -0.15) is 5.10 Å². The van der Waals surface area contributed by atoms with Gasteiger partial charge in [-0.05, 0) is 43.9 Å². The maximum Gasteiger partial charge on any atom is 0.269 e. The predicted octanol–water partition coefficient (Wildman–Crippen LogP) is 2.72. The van der Waals surface area contributed by atoms with Crippen molar-refractivity contribution in [2.24, 2.45) is 7.05 Å². The van der Waals surface area contributed by atoms with Gasteiger partial charge in [0.1, 0.15) is 11.4 Å². The smallest absolute Gasteiger partial charge is 0.269 e. The summed E-state index contributed by atoms with van der Waals surface area (Å²) in [5, 5.41) is 11.1. The topological polar surface area (TPSA) is 75.6 Å². The molecule has 0 atom stereocenters. The van der Waals surface area contributed by atoms with Crippen molar-refractivity contribution < 1.29 is 4.79 Å². The van der Waals surface area contributed by atoms with E-state index in [1.165, 1.54) is 23.4 Å². The lowest BCUT2D eigenvalue weighted by atomic mass is 10.0. The van der Waals surface area contributed by atoms with Gasteiger partial charge in [-0.3, -0.25) is 9.89 Å². The number of aromatic nitrogens is 4. The Kier molecular flexibility index (Phi) is 4.40. The number of H-pyrrole nitrogens is 1. The van der Waals surface area contributed by atoms with E-state index in [-0.39, 0.29) is 5.91 Å². The molecule has 0 fully saturated rings. The van der Waals surface area contributed by atoms with Gasteiger partial charge in [-0.25, -0.2) is 4.98 Å². The van der Waals surface area contributed by atoms with Crippen molar-refractivity contribution in [3.05, 3.63) is 45.7 Å². The summed E-state index contributed by atoms with van der Waals surface area (Å²) in [6.07, 6.45) is 7.52. The zero-order chi connectivity index (χ0) is 17.2. The Morgan fingerprint density at radius 2 is 2.28 bits per heavy atom. The van der Waals surface area contributed by atoms with Gasteiger partial charge < -0.3 is 9.88 Å². The van der Waals surface area contributed by atoms with Gasteiger partial charge in [0.15, 0.2) is 0 Å². The summed E-state index contributed by atoms with van der Waals surface area (Å²) < 4.78 is 1.97. The molecule has 0 aromatic carbocycles. The van der Waals surface area contributed by atoms with Crippen LogP contribution in [0.4, 0.5) is 0 Å². The van der Waals surface area contributed by atoms with Crippen LogP contribution < -0.4 is 5.32 Å². The van der Waals surface area contributed by atoms with Gasteiger partial charge in [0.25, 0.3) is 5.91 Å². The third-order valence-electron chi connectivity index (χ3n) is 4.54. The van der Waals surface area contributed by atoms with Gasteiger partial charge in [0, 0.05) is 31.1 Å². The van der Waals surface area contributed by atoms with Crippen LogP contribution in [0.5, 0.6) is 0 Å². The highest BCUT2D eigenvalue weighted by Crippen LogP contribution is 2.26. The number of hydrogen-bond donors (Lipinski definition) is 2. The number of amides is 1. The fourth-order valence-corrected chi connectivity index (χ4v) is 4.34. The molecule has 4 rings (SSSR count). The van der Waals surface area contributed by atoms with Gasteiger partial charge in [0.05, 0.1) is 16.4 Å². The second-order valence-electron chi connectivity index (χ2n) is 6.36. The van der Waals surface area contributed by atoms with Crippen LogP contribution in [-0.4, -0.2) is 32.2 Å². The van der Waals surface area contributed by atoms with Crippen LogP contribution in [0.3, 0.4) is 0 Å². The molecule has 3 aromatic heterocycles. The predicted molar refractivity (Wildman–Crippen MR) is 97.8 cm³/mol. The Morgan fingerprint density at radius 3 is 3.08 bits per heavy atom. The van der Waals surface area contributed by atoms with Crippen molar-refractivity contribution in [1.29, 1.82) is 0 Å². The molecule has 6 nitrogen and oxygen atoms in total. The summed E-state index contributed by atoms with van der Waals surface area (Å²) in [5.74, 6) is -0.130. The zero-order valence-corrected chi connectivity index (χ0v) is 15.0. The summed E-state index contributed by atoms with van der Waals surface area (Å²) >= 11 is 1.80. The molecule has 2 N–H and O–H groups in total. The van der Waals surface area contributed by atoms with E-state index >= 15 is 0 Å². The van der Waals surface area contributed by atoms with Crippen molar-refractivity contribution in [3.63, 3.8) is 0 Å². The normalized spacial score (nSPS) is 13.6.